The van der Waals surface area contributed by atoms with Gasteiger partial charge in [-0.2, -0.15) is 0 Å². The Balaban J connectivity index is 3.18. The van der Waals surface area contributed by atoms with Gasteiger partial charge in [-0.3, -0.25) is 9.59 Å². The normalized spacial score (nSPS) is 10.1. The second kappa shape index (κ2) is 10.5. The first-order valence-electron chi connectivity index (χ1n) is 5.23. The van der Waals surface area contributed by atoms with Crippen LogP contribution in [0, 0.1) is 0 Å². The summed E-state index contributed by atoms with van der Waals surface area (Å²) in [5, 5.41) is 5.58. The molecule has 0 atom stereocenters. The zero-order valence-electron chi connectivity index (χ0n) is 9.88. The van der Waals surface area contributed by atoms with Gasteiger partial charge in [0.15, 0.2) is 5.78 Å². The molecule has 6 heteroatoms. The van der Waals surface area contributed by atoms with Crippen LogP contribution in [0.2, 0.25) is 0 Å². The molecule has 94 valence electrons. The summed E-state index contributed by atoms with van der Waals surface area (Å²) < 4.78 is 10.00. The van der Waals surface area contributed by atoms with Crippen molar-refractivity contribution >= 4 is 11.7 Å². The largest absolute Gasteiger partial charge is 0.371 e. The lowest BCUT2D eigenvalue weighted by molar-refractivity contribution is -0.127. The van der Waals surface area contributed by atoms with Gasteiger partial charge in [-0.15, -0.1) is 0 Å². The van der Waals surface area contributed by atoms with E-state index in [0.717, 1.165) is 6.54 Å². The van der Waals surface area contributed by atoms with Crippen LogP contribution < -0.4 is 10.6 Å². The van der Waals surface area contributed by atoms with Crippen molar-refractivity contribution in [1.82, 2.24) is 10.6 Å². The summed E-state index contributed by atoms with van der Waals surface area (Å²) in [7, 11) is 1.81. The van der Waals surface area contributed by atoms with Gasteiger partial charge >= 0.3 is 0 Å². The molecule has 0 radical (unpaired) electrons. The monoisotopic (exact) mass is 232 g/mol. The Morgan fingerprint density at radius 2 is 1.69 bits per heavy atom. The first kappa shape index (κ1) is 15.0. The second-order valence-corrected chi connectivity index (χ2v) is 3.26. The summed E-state index contributed by atoms with van der Waals surface area (Å²) in [4.78, 5) is 21.6. The van der Waals surface area contributed by atoms with Crippen LogP contribution >= 0.6 is 0 Å². The summed E-state index contributed by atoms with van der Waals surface area (Å²) in [6.07, 6.45) is 0. The number of rotatable bonds is 10. The number of hydrogen-bond donors (Lipinski definition) is 2. The lowest BCUT2D eigenvalue weighted by Gasteiger charge is -2.06. The second-order valence-electron chi connectivity index (χ2n) is 3.26. The van der Waals surface area contributed by atoms with E-state index in [2.05, 4.69) is 10.6 Å². The molecule has 0 aliphatic carbocycles. The van der Waals surface area contributed by atoms with Crippen LogP contribution in [-0.4, -0.2) is 58.3 Å². The highest BCUT2D eigenvalue weighted by molar-refractivity contribution is 5.77. The van der Waals surface area contributed by atoms with Gasteiger partial charge < -0.3 is 20.1 Å². The minimum absolute atomic E-state index is 0.0210. The zero-order chi connectivity index (χ0) is 12.2. The summed E-state index contributed by atoms with van der Waals surface area (Å²) in [5.41, 5.74) is 0. The third-order valence-corrected chi connectivity index (χ3v) is 1.61. The van der Waals surface area contributed by atoms with Crippen LogP contribution in [0.25, 0.3) is 0 Å². The van der Waals surface area contributed by atoms with Gasteiger partial charge in [0.1, 0.15) is 13.2 Å². The predicted octanol–water partition coefficient (Wildman–Crippen LogP) is -1.06. The Bertz CT molecular complexity index is 209. The maximum Gasteiger partial charge on any atom is 0.246 e. The van der Waals surface area contributed by atoms with E-state index in [1.807, 2.05) is 7.05 Å². The van der Waals surface area contributed by atoms with Crippen molar-refractivity contribution in [2.45, 2.75) is 6.92 Å². The van der Waals surface area contributed by atoms with Crippen LogP contribution in [0.15, 0.2) is 0 Å². The predicted molar refractivity (Wildman–Crippen MR) is 59.3 cm³/mol. The number of likely N-dealkylation sites (N-methyl/N-ethyl adjacent to an activating group) is 1. The summed E-state index contributed by atoms with van der Waals surface area (Å²) in [5.74, 6) is -0.174. The van der Waals surface area contributed by atoms with Gasteiger partial charge in [-0.05, 0) is 14.0 Å². The third-order valence-electron chi connectivity index (χ3n) is 1.61. The van der Waals surface area contributed by atoms with Crippen LogP contribution in [-0.2, 0) is 19.1 Å². The number of Topliss-reactive ketones (excluding diaryl/α,β-unsaturated/α-hetero) is 1. The average Bonchev–Trinajstić information content (AvgIpc) is 2.23. The molecule has 0 saturated carbocycles. The Labute approximate surface area is 95.7 Å². The fourth-order valence-electron chi connectivity index (χ4n) is 0.877. The number of nitrogens with one attached hydrogen (secondary N) is 2. The number of carbonyl (C=O) groups is 2. The fourth-order valence-corrected chi connectivity index (χ4v) is 0.877. The van der Waals surface area contributed by atoms with Crippen molar-refractivity contribution in [3.05, 3.63) is 0 Å². The maximum absolute atomic E-state index is 11.1. The fraction of sp³-hybridized carbons (Fsp3) is 0.800. The van der Waals surface area contributed by atoms with E-state index in [9.17, 15) is 9.59 Å². The maximum atomic E-state index is 11.1. The number of ketones is 1. The number of ether oxygens (including phenoxy) is 2. The molecule has 0 aromatic rings. The van der Waals surface area contributed by atoms with Gasteiger partial charge in [0.2, 0.25) is 5.91 Å². The van der Waals surface area contributed by atoms with Gasteiger partial charge in [0, 0.05) is 13.1 Å². The Hall–Kier alpha value is -0.980. The number of hydrogen-bond acceptors (Lipinski definition) is 5. The van der Waals surface area contributed by atoms with Gasteiger partial charge in [0.25, 0.3) is 0 Å². The minimum Gasteiger partial charge on any atom is -0.371 e. The molecule has 0 unspecified atom stereocenters. The molecule has 0 aliphatic rings. The van der Waals surface area contributed by atoms with Crippen LogP contribution in [0.4, 0.5) is 0 Å². The number of carbonyl (C=O) groups excluding carboxylic acids is 2. The van der Waals surface area contributed by atoms with Gasteiger partial charge in [-0.25, -0.2) is 0 Å². The molecular formula is C10H20N2O4. The smallest absolute Gasteiger partial charge is 0.246 e. The molecule has 6 nitrogen and oxygen atoms in total. The molecule has 0 spiro atoms. The molecule has 0 heterocycles. The average molecular weight is 232 g/mol. The molecule has 0 saturated heterocycles. The molecule has 0 aliphatic heterocycles. The van der Waals surface area contributed by atoms with E-state index in [1.165, 1.54) is 6.92 Å². The van der Waals surface area contributed by atoms with Crippen molar-refractivity contribution in [2.75, 3.05) is 46.6 Å². The summed E-state index contributed by atoms with van der Waals surface area (Å²) >= 11 is 0. The number of amides is 1. The Morgan fingerprint density at radius 1 is 1.06 bits per heavy atom. The first-order valence-corrected chi connectivity index (χ1v) is 5.23. The molecule has 0 rings (SSSR count). The molecule has 1 amide bonds. The van der Waals surface area contributed by atoms with Gasteiger partial charge in [0.05, 0.1) is 13.2 Å². The van der Waals surface area contributed by atoms with Crippen molar-refractivity contribution in [1.29, 1.82) is 0 Å². The van der Waals surface area contributed by atoms with E-state index in [1.54, 1.807) is 0 Å². The Kier molecular flexibility index (Phi) is 9.89. The molecule has 2 N–H and O–H groups in total. The first-order chi connectivity index (χ1) is 7.66. The SMILES string of the molecule is CNCCNC(=O)COCCOCC(C)=O. The third kappa shape index (κ3) is 11.1. The topological polar surface area (TPSA) is 76.7 Å². The zero-order valence-corrected chi connectivity index (χ0v) is 9.88. The molecule has 16 heavy (non-hydrogen) atoms. The standard InChI is InChI=1S/C10H20N2O4/c1-9(13)7-15-5-6-16-8-10(14)12-4-3-11-2/h11H,3-8H2,1-2H3,(H,12,14). The van der Waals surface area contributed by atoms with Crippen molar-refractivity contribution < 1.29 is 19.1 Å². The van der Waals surface area contributed by atoms with E-state index in [4.69, 9.17) is 9.47 Å². The Morgan fingerprint density at radius 3 is 2.25 bits per heavy atom. The highest BCUT2D eigenvalue weighted by Gasteiger charge is 1.99. The van der Waals surface area contributed by atoms with Crippen molar-refractivity contribution in [2.24, 2.45) is 0 Å². The molecule has 0 aromatic heterocycles. The van der Waals surface area contributed by atoms with Crippen LogP contribution in [0.1, 0.15) is 6.92 Å². The highest BCUT2D eigenvalue weighted by Crippen LogP contribution is 1.80. The lowest BCUT2D eigenvalue weighted by Crippen LogP contribution is -2.33. The minimum atomic E-state index is -0.151. The quantitative estimate of drug-likeness (QED) is 0.470. The van der Waals surface area contributed by atoms with Crippen LogP contribution in [0.5, 0.6) is 0 Å². The van der Waals surface area contributed by atoms with E-state index in [-0.39, 0.29) is 24.9 Å². The summed E-state index contributed by atoms with van der Waals surface area (Å²) in [6.45, 7) is 3.52. The lowest BCUT2D eigenvalue weighted by atomic mass is 10.5. The van der Waals surface area contributed by atoms with Crippen molar-refractivity contribution in [3.63, 3.8) is 0 Å². The van der Waals surface area contributed by atoms with E-state index < -0.39 is 0 Å². The highest BCUT2D eigenvalue weighted by atomic mass is 16.5. The van der Waals surface area contributed by atoms with E-state index >= 15 is 0 Å². The van der Waals surface area contributed by atoms with Gasteiger partial charge in [-0.1, -0.05) is 0 Å². The molecular weight excluding hydrogens is 212 g/mol. The van der Waals surface area contributed by atoms with Crippen molar-refractivity contribution in [3.8, 4) is 0 Å². The summed E-state index contributed by atoms with van der Waals surface area (Å²) in [6, 6.07) is 0. The molecule has 0 fully saturated rings. The molecule has 0 aromatic carbocycles. The molecule has 0 bridgehead atoms. The van der Waals surface area contributed by atoms with E-state index in [0.29, 0.717) is 19.8 Å². The van der Waals surface area contributed by atoms with Crippen LogP contribution in [0.3, 0.4) is 0 Å².